The van der Waals surface area contributed by atoms with Crippen molar-refractivity contribution in [3.8, 4) is 0 Å². The van der Waals surface area contributed by atoms with Crippen LogP contribution in [0.3, 0.4) is 0 Å². The molecule has 0 bridgehead atoms. The summed E-state index contributed by atoms with van der Waals surface area (Å²) in [5.74, 6) is 0.591. The smallest absolute Gasteiger partial charge is 0.277 e. The summed E-state index contributed by atoms with van der Waals surface area (Å²) in [7, 11) is -2.97. The molecule has 0 unspecified atom stereocenters. The summed E-state index contributed by atoms with van der Waals surface area (Å²) in [4.78, 5) is 11.5. The topological polar surface area (TPSA) is 102 Å². The van der Waals surface area contributed by atoms with Crippen LogP contribution in [0.5, 0.6) is 0 Å². The van der Waals surface area contributed by atoms with Gasteiger partial charge >= 0.3 is 0 Å². The normalized spacial score (nSPS) is 24.7. The Bertz CT molecular complexity index is 609. The van der Waals surface area contributed by atoms with Crippen LogP contribution in [0.1, 0.15) is 31.1 Å². The molecule has 3 rings (SSSR count). The van der Waals surface area contributed by atoms with E-state index in [1.54, 1.807) is 0 Å². The minimum Gasteiger partial charge on any atom is -0.416 e. The molecule has 20 heavy (non-hydrogen) atoms. The van der Waals surface area contributed by atoms with Crippen molar-refractivity contribution < 1.29 is 17.6 Å². The summed E-state index contributed by atoms with van der Waals surface area (Å²) in [5, 5.41) is 10.9. The Hall–Kier alpha value is -1.09. The predicted molar refractivity (Wildman–Crippen MR) is 72.2 cm³/mol. The molecule has 7 nitrogen and oxygen atoms in total. The van der Waals surface area contributed by atoms with Gasteiger partial charge in [-0.2, -0.15) is 0 Å². The number of nitrogens with zero attached hydrogens (tertiary/aromatic N) is 2. The zero-order valence-corrected chi connectivity index (χ0v) is 12.4. The number of carbonyl (C=O) groups is 1. The molecule has 110 valence electrons. The highest BCUT2D eigenvalue weighted by Crippen LogP contribution is 2.29. The number of nitrogens with one attached hydrogen (secondary N) is 1. The first-order chi connectivity index (χ1) is 9.52. The van der Waals surface area contributed by atoms with Crippen LogP contribution < -0.4 is 5.32 Å². The van der Waals surface area contributed by atoms with Crippen molar-refractivity contribution in [2.75, 3.05) is 17.3 Å². The average Bonchev–Trinajstić information content (AvgIpc) is 2.94. The molecule has 1 saturated heterocycles. The monoisotopic (exact) mass is 317 g/mol. The third-order valence-electron chi connectivity index (χ3n) is 3.27. The lowest BCUT2D eigenvalue weighted by Gasteiger charge is -2.00. The number of amides is 1. The zero-order chi connectivity index (χ0) is 14.2. The third kappa shape index (κ3) is 3.51. The molecule has 0 radical (unpaired) electrons. The van der Waals surface area contributed by atoms with E-state index >= 15 is 0 Å². The van der Waals surface area contributed by atoms with E-state index in [1.165, 1.54) is 11.8 Å². The van der Waals surface area contributed by atoms with Crippen LogP contribution in [0.25, 0.3) is 0 Å². The Balaban J connectivity index is 1.52. The Morgan fingerprint density at radius 1 is 1.35 bits per heavy atom. The van der Waals surface area contributed by atoms with Crippen LogP contribution in [0.15, 0.2) is 9.64 Å². The van der Waals surface area contributed by atoms with Gasteiger partial charge in [0, 0.05) is 6.04 Å². The van der Waals surface area contributed by atoms with E-state index < -0.39 is 9.84 Å². The van der Waals surface area contributed by atoms with E-state index in [2.05, 4.69) is 15.5 Å². The maximum atomic E-state index is 11.5. The number of hydrogen-bond donors (Lipinski definition) is 1. The Morgan fingerprint density at radius 3 is 2.80 bits per heavy atom. The second-order valence-corrected chi connectivity index (χ2v) is 8.29. The molecule has 1 aromatic rings. The van der Waals surface area contributed by atoms with Crippen LogP contribution in [0, 0.1) is 0 Å². The van der Waals surface area contributed by atoms with Gasteiger partial charge in [-0.3, -0.25) is 4.79 Å². The lowest BCUT2D eigenvalue weighted by molar-refractivity contribution is -0.118. The SMILES string of the molecule is O=C(CSc1nnc([C@@H]2CCS(=O)(=O)C2)o1)NC1CC1. The molecular formula is C11H15N3O4S2. The Morgan fingerprint density at radius 2 is 2.15 bits per heavy atom. The van der Waals surface area contributed by atoms with Gasteiger partial charge in [-0.05, 0) is 19.3 Å². The Kier molecular flexibility index (Phi) is 3.72. The average molecular weight is 317 g/mol. The van der Waals surface area contributed by atoms with Crippen molar-refractivity contribution in [3.63, 3.8) is 0 Å². The summed E-state index contributed by atoms with van der Waals surface area (Å²) < 4.78 is 28.2. The molecule has 1 atom stereocenters. The fourth-order valence-electron chi connectivity index (χ4n) is 2.06. The van der Waals surface area contributed by atoms with E-state index in [9.17, 15) is 13.2 Å². The summed E-state index contributed by atoms with van der Waals surface area (Å²) in [6.45, 7) is 0. The van der Waals surface area contributed by atoms with Crippen LogP contribution >= 0.6 is 11.8 Å². The highest BCUT2D eigenvalue weighted by molar-refractivity contribution is 7.99. The minimum absolute atomic E-state index is 0.0410. The molecule has 9 heteroatoms. The fraction of sp³-hybridized carbons (Fsp3) is 0.727. The second kappa shape index (κ2) is 5.36. The van der Waals surface area contributed by atoms with Gasteiger partial charge in [-0.1, -0.05) is 11.8 Å². The zero-order valence-electron chi connectivity index (χ0n) is 10.7. The quantitative estimate of drug-likeness (QED) is 0.781. The molecule has 2 aliphatic rings. The van der Waals surface area contributed by atoms with Gasteiger partial charge in [0.1, 0.15) is 0 Å². The largest absolute Gasteiger partial charge is 0.416 e. The molecule has 1 amide bonds. The highest BCUT2D eigenvalue weighted by atomic mass is 32.2. The van der Waals surface area contributed by atoms with Crippen LogP contribution in [0.2, 0.25) is 0 Å². The van der Waals surface area contributed by atoms with Crippen molar-refractivity contribution in [2.45, 2.75) is 36.4 Å². The molecule has 0 aromatic carbocycles. The van der Waals surface area contributed by atoms with Gasteiger partial charge in [0.15, 0.2) is 9.84 Å². The van der Waals surface area contributed by atoms with E-state index in [4.69, 9.17) is 4.42 Å². The lowest BCUT2D eigenvalue weighted by Crippen LogP contribution is -2.26. The fourth-order valence-corrected chi connectivity index (χ4v) is 4.37. The molecule has 1 aromatic heterocycles. The van der Waals surface area contributed by atoms with Gasteiger partial charge in [0.05, 0.1) is 23.2 Å². The standard InChI is InChI=1S/C11H15N3O4S2/c15-9(12-8-1-2-8)5-19-11-14-13-10(18-11)7-3-4-20(16,17)6-7/h7-8H,1-6H2,(H,12,15)/t7-/m1/s1. The number of rotatable bonds is 5. The van der Waals surface area contributed by atoms with Crippen molar-refractivity contribution >= 4 is 27.5 Å². The summed E-state index contributed by atoms with van der Waals surface area (Å²) in [6, 6.07) is 0.338. The van der Waals surface area contributed by atoms with Gasteiger partial charge in [0.2, 0.25) is 11.8 Å². The second-order valence-electron chi connectivity index (χ2n) is 5.14. The molecule has 1 saturated carbocycles. The minimum atomic E-state index is -2.97. The highest BCUT2D eigenvalue weighted by Gasteiger charge is 2.32. The first-order valence-electron chi connectivity index (χ1n) is 6.48. The molecule has 2 heterocycles. The van der Waals surface area contributed by atoms with Crippen LogP contribution in [-0.2, 0) is 14.6 Å². The van der Waals surface area contributed by atoms with Crippen molar-refractivity contribution in [3.05, 3.63) is 5.89 Å². The van der Waals surface area contributed by atoms with E-state index in [-0.39, 0.29) is 29.1 Å². The lowest BCUT2D eigenvalue weighted by atomic mass is 10.1. The van der Waals surface area contributed by atoms with E-state index in [0.29, 0.717) is 23.6 Å². The van der Waals surface area contributed by atoms with Gasteiger partial charge in [-0.25, -0.2) is 8.42 Å². The molecule has 0 spiro atoms. The van der Waals surface area contributed by atoms with Gasteiger partial charge in [-0.15, -0.1) is 10.2 Å². The maximum absolute atomic E-state index is 11.5. The molecule has 1 N–H and O–H groups in total. The maximum Gasteiger partial charge on any atom is 0.277 e. The number of thioether (sulfide) groups is 1. The predicted octanol–water partition coefficient (Wildman–Crippen LogP) is 0.342. The summed E-state index contributed by atoms with van der Waals surface area (Å²) in [6.07, 6.45) is 2.63. The number of hydrogen-bond acceptors (Lipinski definition) is 7. The Labute approximate surface area is 120 Å². The number of aromatic nitrogens is 2. The van der Waals surface area contributed by atoms with Crippen molar-refractivity contribution in [1.29, 1.82) is 0 Å². The van der Waals surface area contributed by atoms with Crippen LogP contribution in [-0.4, -0.2) is 47.8 Å². The number of sulfone groups is 1. The van der Waals surface area contributed by atoms with Crippen molar-refractivity contribution in [2.24, 2.45) is 0 Å². The molecule has 1 aliphatic carbocycles. The van der Waals surface area contributed by atoms with Crippen molar-refractivity contribution in [1.82, 2.24) is 15.5 Å². The van der Waals surface area contributed by atoms with Gasteiger partial charge < -0.3 is 9.73 Å². The summed E-state index contributed by atoms with van der Waals surface area (Å²) >= 11 is 1.18. The molecular weight excluding hydrogens is 302 g/mol. The molecule has 1 aliphatic heterocycles. The first-order valence-corrected chi connectivity index (χ1v) is 9.28. The van der Waals surface area contributed by atoms with Gasteiger partial charge in [0.25, 0.3) is 5.22 Å². The van der Waals surface area contributed by atoms with Crippen LogP contribution in [0.4, 0.5) is 0 Å². The van der Waals surface area contributed by atoms with E-state index in [0.717, 1.165) is 12.8 Å². The van der Waals surface area contributed by atoms with E-state index in [1.807, 2.05) is 0 Å². The first kappa shape index (κ1) is 13.9. The third-order valence-corrected chi connectivity index (χ3v) is 5.86. The summed E-state index contributed by atoms with van der Waals surface area (Å²) in [5.41, 5.74) is 0. The number of carbonyl (C=O) groups excluding carboxylic acids is 1. The molecule has 2 fully saturated rings.